The molecule has 0 aliphatic rings. The van der Waals surface area contributed by atoms with Crippen LogP contribution in [0.25, 0.3) is 0 Å². The Hall–Kier alpha value is -0.730. The molecule has 0 heterocycles. The van der Waals surface area contributed by atoms with E-state index in [1.807, 2.05) is 0 Å². The van der Waals surface area contributed by atoms with Gasteiger partial charge in [0.05, 0.1) is 0 Å². The smallest absolute Gasteiger partial charge is 0.301 e. The normalized spacial score (nSPS) is 18.5. The molecule has 0 amide bonds. The largest absolute Gasteiger partial charge is 0.425 e. The van der Waals surface area contributed by atoms with E-state index in [0.717, 1.165) is 0 Å². The van der Waals surface area contributed by atoms with Gasteiger partial charge in [-0.05, 0) is 0 Å². The predicted octanol–water partition coefficient (Wildman–Crippen LogP) is 3.61. The van der Waals surface area contributed by atoms with Gasteiger partial charge in [0, 0.05) is 0 Å². The van der Waals surface area contributed by atoms with Gasteiger partial charge < -0.3 is 4.55 Å². The Bertz CT molecular complexity index is 414. The van der Waals surface area contributed by atoms with Crippen molar-refractivity contribution in [3.8, 4) is 0 Å². The Labute approximate surface area is 109 Å². The topological polar surface area (TPSA) is 37.3 Å². The van der Waals surface area contributed by atoms with Crippen molar-refractivity contribution < 1.29 is 61.4 Å². The fourth-order valence-electron chi connectivity index (χ4n) is 0.866. The van der Waals surface area contributed by atoms with Gasteiger partial charge in [-0.2, -0.15) is 48.3 Å². The molecule has 0 saturated heterocycles. The van der Waals surface area contributed by atoms with Gasteiger partial charge in [-0.25, -0.2) is 8.60 Å². The van der Waals surface area contributed by atoms with Gasteiger partial charge in [-0.15, -0.1) is 0 Å². The van der Waals surface area contributed by atoms with E-state index in [9.17, 15) is 56.9 Å². The van der Waals surface area contributed by atoms with E-state index < -0.39 is 46.5 Å². The summed E-state index contributed by atoms with van der Waals surface area (Å²) in [6, 6.07) is 0. The van der Waals surface area contributed by atoms with Crippen LogP contribution in [0.2, 0.25) is 0 Å². The lowest BCUT2D eigenvalue weighted by atomic mass is 10.00. The highest BCUT2D eigenvalue weighted by Crippen LogP contribution is 2.56. The second-order valence-electron chi connectivity index (χ2n) is 3.44. The second-order valence-corrected chi connectivity index (χ2v) is 4.45. The lowest BCUT2D eigenvalue weighted by molar-refractivity contribution is -0.379. The third kappa shape index (κ3) is 2.93. The fraction of sp³-hybridized carbons (Fsp3) is 1.00. The quantitative estimate of drug-likeness (QED) is 0.596. The zero-order valence-corrected chi connectivity index (χ0v) is 9.69. The van der Waals surface area contributed by atoms with Gasteiger partial charge in [0.2, 0.25) is 11.1 Å². The van der Waals surface area contributed by atoms with Gasteiger partial charge >= 0.3 is 29.2 Å². The Balaban J connectivity index is 6.03. The Morgan fingerprint density at radius 3 is 1.33 bits per heavy atom. The SMILES string of the molecule is O=S(O)C(F)(F)C(F)(F)C(F)(F)C(F)(F)C(F)C(F)(F)F. The average Bonchev–Trinajstić information content (AvgIpc) is 2.25. The molecule has 0 aromatic heterocycles. The van der Waals surface area contributed by atoms with Crippen LogP contribution < -0.4 is 0 Å². The minimum atomic E-state index is -7.63. The van der Waals surface area contributed by atoms with Gasteiger partial charge in [0.1, 0.15) is 0 Å². The van der Waals surface area contributed by atoms with Crippen LogP contribution in [0.4, 0.5) is 52.7 Å². The van der Waals surface area contributed by atoms with E-state index in [1.165, 1.54) is 0 Å². The van der Waals surface area contributed by atoms with Crippen molar-refractivity contribution in [1.29, 1.82) is 0 Å². The molecule has 0 aliphatic carbocycles. The van der Waals surface area contributed by atoms with Crippen molar-refractivity contribution in [3.05, 3.63) is 0 Å². The molecule has 0 rings (SSSR count). The van der Waals surface area contributed by atoms with Crippen LogP contribution in [-0.2, 0) is 11.1 Å². The first-order valence-electron chi connectivity index (χ1n) is 4.18. The van der Waals surface area contributed by atoms with Crippen LogP contribution in [0.1, 0.15) is 0 Å². The van der Waals surface area contributed by atoms with Crippen LogP contribution in [-0.4, -0.2) is 44.1 Å². The summed E-state index contributed by atoms with van der Waals surface area (Å²) in [6.45, 7) is 0. The summed E-state index contributed by atoms with van der Waals surface area (Å²) in [5.41, 5.74) is 0. The summed E-state index contributed by atoms with van der Waals surface area (Å²) in [6.07, 6.45) is -12.7. The molecule has 15 heteroatoms. The summed E-state index contributed by atoms with van der Waals surface area (Å²) in [4.78, 5) is 0. The van der Waals surface area contributed by atoms with E-state index in [4.69, 9.17) is 4.55 Å². The average molecular weight is 366 g/mol. The molecule has 0 radical (unpaired) electrons. The standard InChI is InChI=1S/C6H2F12O2S/c7-1(3(10,11)12)2(8,9)4(13,14)5(15,16)6(17,18)21(19)20/h1H,(H,19,20). The number of hydrogen-bond acceptors (Lipinski definition) is 1. The molecule has 2 unspecified atom stereocenters. The molecule has 2 atom stereocenters. The summed E-state index contributed by atoms with van der Waals surface area (Å²) in [7, 11) is 0. The molecule has 128 valence electrons. The summed E-state index contributed by atoms with van der Waals surface area (Å²) in [5.74, 6) is -22.4. The van der Waals surface area contributed by atoms with Crippen LogP contribution >= 0.6 is 0 Å². The lowest BCUT2D eigenvalue weighted by Crippen LogP contribution is -2.67. The molecule has 1 N–H and O–H groups in total. The van der Waals surface area contributed by atoms with E-state index in [0.29, 0.717) is 0 Å². The highest BCUT2D eigenvalue weighted by atomic mass is 32.2. The monoisotopic (exact) mass is 366 g/mol. The van der Waals surface area contributed by atoms with E-state index >= 15 is 0 Å². The second kappa shape index (κ2) is 5.17. The van der Waals surface area contributed by atoms with Crippen molar-refractivity contribution in [2.24, 2.45) is 0 Å². The Kier molecular flexibility index (Phi) is 4.99. The highest BCUT2D eigenvalue weighted by molar-refractivity contribution is 7.80. The molecule has 0 spiro atoms. The van der Waals surface area contributed by atoms with Gasteiger partial charge in [0.15, 0.2) is 0 Å². The molecular weight excluding hydrogens is 364 g/mol. The van der Waals surface area contributed by atoms with Gasteiger partial charge in [-0.1, -0.05) is 0 Å². The van der Waals surface area contributed by atoms with Crippen LogP contribution in [0.15, 0.2) is 0 Å². The molecule has 0 aliphatic heterocycles. The van der Waals surface area contributed by atoms with Crippen LogP contribution in [0, 0.1) is 0 Å². The molecule has 2 nitrogen and oxygen atoms in total. The maximum absolute atomic E-state index is 12.7. The lowest BCUT2D eigenvalue weighted by Gasteiger charge is -2.36. The van der Waals surface area contributed by atoms with E-state index in [1.54, 1.807) is 0 Å². The van der Waals surface area contributed by atoms with E-state index in [2.05, 4.69) is 0 Å². The first-order chi connectivity index (χ1) is 8.85. The molecule has 0 saturated carbocycles. The third-order valence-electron chi connectivity index (χ3n) is 2.00. The molecule has 0 bridgehead atoms. The van der Waals surface area contributed by atoms with Gasteiger partial charge in [-0.3, -0.25) is 0 Å². The minimum absolute atomic E-state index is 5.16. The maximum atomic E-state index is 12.7. The number of rotatable bonds is 5. The first-order valence-corrected chi connectivity index (χ1v) is 5.28. The van der Waals surface area contributed by atoms with Crippen molar-refractivity contribution in [2.45, 2.75) is 35.4 Å². The summed E-state index contributed by atoms with van der Waals surface area (Å²) < 4.78 is 165. The summed E-state index contributed by atoms with van der Waals surface area (Å²) in [5, 5.41) is -6.77. The van der Waals surface area contributed by atoms with Crippen molar-refractivity contribution in [3.63, 3.8) is 0 Å². The molecule has 21 heavy (non-hydrogen) atoms. The number of halogens is 12. The number of hydrogen-bond donors (Lipinski definition) is 1. The third-order valence-corrected chi connectivity index (χ3v) is 2.70. The molecule has 0 aromatic rings. The molecule has 0 fully saturated rings. The first kappa shape index (κ1) is 20.3. The Morgan fingerprint density at radius 1 is 0.762 bits per heavy atom. The zero-order chi connectivity index (χ0) is 17.7. The summed E-state index contributed by atoms with van der Waals surface area (Å²) >= 11 is -5.16. The predicted molar refractivity (Wildman–Crippen MR) is 41.5 cm³/mol. The minimum Gasteiger partial charge on any atom is -0.301 e. The molecule has 0 aromatic carbocycles. The van der Waals surface area contributed by atoms with Crippen molar-refractivity contribution in [2.75, 3.05) is 0 Å². The fourth-order valence-corrected chi connectivity index (χ4v) is 1.21. The van der Waals surface area contributed by atoms with Crippen molar-refractivity contribution in [1.82, 2.24) is 0 Å². The Morgan fingerprint density at radius 2 is 1.10 bits per heavy atom. The van der Waals surface area contributed by atoms with E-state index in [-0.39, 0.29) is 0 Å². The van der Waals surface area contributed by atoms with Crippen LogP contribution in [0.5, 0.6) is 0 Å². The molecular formula is C6H2F12O2S. The van der Waals surface area contributed by atoms with Crippen LogP contribution in [0.3, 0.4) is 0 Å². The maximum Gasteiger partial charge on any atom is 0.425 e. The highest BCUT2D eigenvalue weighted by Gasteiger charge is 2.86. The number of alkyl halides is 12. The zero-order valence-electron chi connectivity index (χ0n) is 8.88. The van der Waals surface area contributed by atoms with Gasteiger partial charge in [0.25, 0.3) is 6.17 Å². The van der Waals surface area contributed by atoms with Crippen molar-refractivity contribution >= 4 is 11.1 Å².